The molecular weight excluding hydrogens is 274 g/mol. The highest BCUT2D eigenvalue weighted by atomic mass is 32.1. The molecule has 1 aromatic heterocycles. The molecule has 1 aliphatic rings. The highest BCUT2D eigenvalue weighted by molar-refractivity contribution is 7.09. The van der Waals surface area contributed by atoms with E-state index in [1.54, 1.807) is 6.92 Å². The van der Waals surface area contributed by atoms with Crippen LogP contribution in [0, 0.1) is 6.92 Å². The highest BCUT2D eigenvalue weighted by Gasteiger charge is 2.30. The van der Waals surface area contributed by atoms with Gasteiger partial charge in [0.25, 0.3) is 6.43 Å². The number of aryl methyl sites for hydroxylation is 1. The molecule has 0 aromatic carbocycles. The summed E-state index contributed by atoms with van der Waals surface area (Å²) in [4.78, 5) is 18.1. The molecule has 1 aliphatic heterocycles. The molecule has 0 radical (unpaired) electrons. The average Bonchev–Trinajstić information content (AvgIpc) is 2.82. The Morgan fingerprint density at radius 2 is 2.37 bits per heavy atom. The molecule has 1 N–H and O–H groups in total. The van der Waals surface area contributed by atoms with Crippen LogP contribution in [0.1, 0.15) is 25.1 Å². The Morgan fingerprint density at radius 1 is 1.58 bits per heavy atom. The zero-order chi connectivity index (χ0) is 13.8. The smallest absolute Gasteiger partial charge is 0.255 e. The van der Waals surface area contributed by atoms with Crippen LogP contribution >= 0.6 is 11.5 Å². The van der Waals surface area contributed by atoms with Crippen LogP contribution in [0.15, 0.2) is 0 Å². The van der Waals surface area contributed by atoms with E-state index < -0.39 is 19.0 Å². The van der Waals surface area contributed by atoms with Crippen LogP contribution in [-0.4, -0.2) is 40.8 Å². The van der Waals surface area contributed by atoms with Crippen molar-refractivity contribution in [3.63, 3.8) is 0 Å². The number of carbonyl (C=O) groups excluding carboxylic acids is 1. The maximum atomic E-state index is 12.1. The van der Waals surface area contributed by atoms with Crippen molar-refractivity contribution in [2.24, 2.45) is 0 Å². The molecule has 0 unspecified atom stereocenters. The van der Waals surface area contributed by atoms with Crippen LogP contribution in [0.3, 0.4) is 0 Å². The summed E-state index contributed by atoms with van der Waals surface area (Å²) in [7, 11) is 0. The van der Waals surface area contributed by atoms with Gasteiger partial charge in [0.1, 0.15) is 11.9 Å². The molecule has 0 bridgehead atoms. The Bertz CT molecular complexity index is 440. The molecule has 8 heteroatoms. The van der Waals surface area contributed by atoms with E-state index in [1.165, 1.54) is 11.5 Å². The predicted molar refractivity (Wildman–Crippen MR) is 68.6 cm³/mol. The predicted octanol–water partition coefficient (Wildman–Crippen LogP) is 1.59. The molecule has 5 nitrogen and oxygen atoms in total. The first-order valence-corrected chi connectivity index (χ1v) is 6.98. The molecular formula is C11H16F2N4OS. The summed E-state index contributed by atoms with van der Waals surface area (Å²) in [6.07, 6.45) is 0.0243. The summed E-state index contributed by atoms with van der Waals surface area (Å²) in [5.41, 5.74) is 0. The van der Waals surface area contributed by atoms with E-state index in [4.69, 9.17) is 0 Å². The summed E-state index contributed by atoms with van der Waals surface area (Å²) >= 11 is 1.24. The molecule has 1 saturated heterocycles. The molecule has 1 aromatic rings. The van der Waals surface area contributed by atoms with Gasteiger partial charge in [0.2, 0.25) is 11.0 Å². The first-order valence-electron chi connectivity index (χ1n) is 6.20. The summed E-state index contributed by atoms with van der Waals surface area (Å²) < 4.78 is 28.4. The van der Waals surface area contributed by atoms with Crippen LogP contribution in [0.4, 0.5) is 13.9 Å². The van der Waals surface area contributed by atoms with E-state index in [0.717, 1.165) is 12.8 Å². The van der Waals surface area contributed by atoms with Gasteiger partial charge in [-0.15, -0.1) is 0 Å². The number of nitrogens with zero attached hydrogens (tertiary/aromatic N) is 3. The fourth-order valence-electron chi connectivity index (χ4n) is 2.13. The minimum atomic E-state index is -2.52. The molecule has 1 amide bonds. The average molecular weight is 290 g/mol. The number of hydrogen-bond acceptors (Lipinski definition) is 5. The standard InChI is InChI=1S/C11H16F2N4OS/c1-7-15-11(19-16-7)17-5-3-2-4-8(17)10(18)14-6-9(12)13/h8-9H,2-6H2,1H3,(H,14,18)/t8-/m0/s1. The molecule has 19 heavy (non-hydrogen) atoms. The lowest BCUT2D eigenvalue weighted by molar-refractivity contribution is -0.123. The van der Waals surface area contributed by atoms with E-state index in [0.29, 0.717) is 23.9 Å². The lowest BCUT2D eigenvalue weighted by atomic mass is 10.0. The Kier molecular flexibility index (Phi) is 4.62. The summed E-state index contributed by atoms with van der Waals surface area (Å²) in [6, 6.07) is -0.417. The molecule has 0 spiro atoms. The van der Waals surface area contributed by atoms with Gasteiger partial charge in [0.15, 0.2) is 0 Å². The van der Waals surface area contributed by atoms with Crippen molar-refractivity contribution in [2.75, 3.05) is 18.0 Å². The van der Waals surface area contributed by atoms with Gasteiger partial charge >= 0.3 is 0 Å². The van der Waals surface area contributed by atoms with Gasteiger partial charge in [-0.05, 0) is 26.2 Å². The number of nitrogens with one attached hydrogen (secondary N) is 1. The first-order chi connectivity index (χ1) is 9.08. The maximum absolute atomic E-state index is 12.1. The molecule has 1 fully saturated rings. The Labute approximate surface area is 114 Å². The van der Waals surface area contributed by atoms with Crippen LogP contribution < -0.4 is 10.2 Å². The van der Waals surface area contributed by atoms with Gasteiger partial charge < -0.3 is 10.2 Å². The van der Waals surface area contributed by atoms with Crippen molar-refractivity contribution in [2.45, 2.75) is 38.7 Å². The van der Waals surface area contributed by atoms with Gasteiger partial charge in [-0.1, -0.05) is 0 Å². The molecule has 2 heterocycles. The molecule has 0 aliphatic carbocycles. The summed E-state index contributed by atoms with van der Waals surface area (Å²) in [5, 5.41) is 2.97. The summed E-state index contributed by atoms with van der Waals surface area (Å²) in [6.45, 7) is 1.90. The maximum Gasteiger partial charge on any atom is 0.255 e. The van der Waals surface area contributed by atoms with Gasteiger partial charge in [-0.2, -0.15) is 4.37 Å². The number of amides is 1. The number of carbonyl (C=O) groups is 1. The van der Waals surface area contributed by atoms with Crippen molar-refractivity contribution in [1.82, 2.24) is 14.7 Å². The van der Waals surface area contributed by atoms with E-state index in [-0.39, 0.29) is 5.91 Å². The third-order valence-electron chi connectivity index (χ3n) is 3.00. The number of alkyl halides is 2. The number of halogens is 2. The number of piperidine rings is 1. The third kappa shape index (κ3) is 3.59. The van der Waals surface area contributed by atoms with Crippen molar-refractivity contribution in [1.29, 1.82) is 0 Å². The minimum absolute atomic E-state index is 0.354. The topological polar surface area (TPSA) is 58.1 Å². The first kappa shape index (κ1) is 14.1. The summed E-state index contributed by atoms with van der Waals surface area (Å²) in [5.74, 6) is 0.310. The Balaban J connectivity index is 2.05. The SMILES string of the molecule is Cc1nsc(N2CCCC[C@H]2C(=O)NCC(F)F)n1. The largest absolute Gasteiger partial charge is 0.349 e. The van der Waals surface area contributed by atoms with Crippen molar-refractivity contribution in [3.8, 4) is 0 Å². The molecule has 2 rings (SSSR count). The minimum Gasteiger partial charge on any atom is -0.349 e. The fraction of sp³-hybridized carbons (Fsp3) is 0.727. The van der Waals surface area contributed by atoms with Crippen LogP contribution in [0.2, 0.25) is 0 Å². The highest BCUT2D eigenvalue weighted by Crippen LogP contribution is 2.26. The van der Waals surface area contributed by atoms with Crippen LogP contribution in [-0.2, 0) is 4.79 Å². The number of rotatable bonds is 4. The lowest BCUT2D eigenvalue weighted by Crippen LogP contribution is -2.50. The lowest BCUT2D eigenvalue weighted by Gasteiger charge is -2.34. The second-order valence-electron chi connectivity index (χ2n) is 4.47. The second kappa shape index (κ2) is 6.23. The monoisotopic (exact) mass is 290 g/mol. The van der Waals surface area contributed by atoms with Gasteiger partial charge in [0, 0.05) is 18.1 Å². The molecule has 1 atom stereocenters. The van der Waals surface area contributed by atoms with E-state index in [9.17, 15) is 13.6 Å². The fourth-order valence-corrected chi connectivity index (χ4v) is 2.88. The van der Waals surface area contributed by atoms with Crippen molar-refractivity contribution >= 4 is 22.6 Å². The third-order valence-corrected chi connectivity index (χ3v) is 3.84. The molecule has 0 saturated carbocycles. The number of aromatic nitrogens is 2. The second-order valence-corrected chi connectivity index (χ2v) is 5.20. The van der Waals surface area contributed by atoms with Crippen LogP contribution in [0.5, 0.6) is 0 Å². The Morgan fingerprint density at radius 3 is 3.00 bits per heavy atom. The molecule has 106 valence electrons. The van der Waals surface area contributed by atoms with Gasteiger partial charge in [0.05, 0.1) is 6.54 Å². The van der Waals surface area contributed by atoms with Crippen molar-refractivity contribution < 1.29 is 13.6 Å². The number of anilines is 1. The van der Waals surface area contributed by atoms with Gasteiger partial charge in [-0.3, -0.25) is 4.79 Å². The van der Waals surface area contributed by atoms with E-state index in [2.05, 4.69) is 14.7 Å². The van der Waals surface area contributed by atoms with Crippen molar-refractivity contribution in [3.05, 3.63) is 5.82 Å². The van der Waals surface area contributed by atoms with E-state index >= 15 is 0 Å². The zero-order valence-corrected chi connectivity index (χ0v) is 11.4. The number of hydrogen-bond donors (Lipinski definition) is 1. The quantitative estimate of drug-likeness (QED) is 0.915. The normalized spacial score (nSPS) is 19.8. The van der Waals surface area contributed by atoms with Gasteiger partial charge in [-0.25, -0.2) is 13.8 Å². The van der Waals surface area contributed by atoms with Crippen LogP contribution in [0.25, 0.3) is 0 Å². The Hall–Kier alpha value is -1.31. The van der Waals surface area contributed by atoms with E-state index in [1.807, 2.05) is 4.90 Å². The zero-order valence-electron chi connectivity index (χ0n) is 10.6.